The number of nitrogens with zero attached hydrogens (tertiary/aromatic N) is 1. The van der Waals surface area contributed by atoms with Gasteiger partial charge in [-0.25, -0.2) is 4.79 Å². The van der Waals surface area contributed by atoms with E-state index in [-0.39, 0.29) is 5.91 Å². The Morgan fingerprint density at radius 1 is 1.33 bits per heavy atom. The summed E-state index contributed by atoms with van der Waals surface area (Å²) in [6.07, 6.45) is 3.19. The fraction of sp³-hybridized carbons (Fsp3) is 0.786. The second-order valence-electron chi connectivity index (χ2n) is 5.45. The van der Waals surface area contributed by atoms with Gasteiger partial charge in [0.1, 0.15) is 12.1 Å². The van der Waals surface area contributed by atoms with Crippen molar-refractivity contribution in [2.24, 2.45) is 0 Å². The number of rotatable bonds is 8. The Morgan fingerprint density at radius 3 is 2.52 bits per heavy atom. The summed E-state index contributed by atoms with van der Waals surface area (Å²) in [6.45, 7) is 3.96. The molecule has 120 valence electrons. The van der Waals surface area contributed by atoms with E-state index in [4.69, 9.17) is 10.2 Å². The minimum atomic E-state index is -1.01. The molecule has 1 amide bonds. The van der Waals surface area contributed by atoms with Crippen LogP contribution in [0.4, 0.5) is 0 Å². The molecular weight excluding hydrogens is 276 g/mol. The second kappa shape index (κ2) is 7.97. The number of unbranched alkanes of at least 4 members (excludes halogenated alkanes) is 1. The number of carbonyl (C=O) groups is 3. The molecule has 7 heteroatoms. The first-order chi connectivity index (χ1) is 9.88. The summed E-state index contributed by atoms with van der Waals surface area (Å²) in [5.41, 5.74) is 0. The molecule has 1 heterocycles. The summed E-state index contributed by atoms with van der Waals surface area (Å²) in [5, 5.41) is 21.1. The highest BCUT2D eigenvalue weighted by Crippen LogP contribution is 2.18. The fourth-order valence-corrected chi connectivity index (χ4v) is 2.60. The van der Waals surface area contributed by atoms with Crippen molar-refractivity contribution < 1.29 is 24.6 Å². The van der Waals surface area contributed by atoms with Gasteiger partial charge in [-0.2, -0.15) is 0 Å². The number of hydrogen-bond acceptors (Lipinski definition) is 4. The average molecular weight is 300 g/mol. The van der Waals surface area contributed by atoms with Crippen LogP contribution >= 0.6 is 0 Å². The maximum Gasteiger partial charge on any atom is 0.326 e. The van der Waals surface area contributed by atoms with Gasteiger partial charge in [0.2, 0.25) is 5.91 Å². The summed E-state index contributed by atoms with van der Waals surface area (Å²) >= 11 is 0. The van der Waals surface area contributed by atoms with Crippen molar-refractivity contribution in [1.29, 1.82) is 0 Å². The monoisotopic (exact) mass is 300 g/mol. The quantitative estimate of drug-likeness (QED) is 0.608. The lowest BCUT2D eigenvalue weighted by Gasteiger charge is -2.27. The number of nitrogens with one attached hydrogen (secondary N) is 1. The van der Waals surface area contributed by atoms with E-state index in [1.807, 2.05) is 6.92 Å². The highest BCUT2D eigenvalue weighted by atomic mass is 16.4. The van der Waals surface area contributed by atoms with Crippen LogP contribution in [0.1, 0.15) is 46.0 Å². The number of carbonyl (C=O) groups excluding carboxylic acids is 1. The van der Waals surface area contributed by atoms with Crippen LogP contribution in [0, 0.1) is 0 Å². The van der Waals surface area contributed by atoms with E-state index < -0.39 is 30.1 Å². The van der Waals surface area contributed by atoms with Crippen LogP contribution in [0.15, 0.2) is 0 Å². The van der Waals surface area contributed by atoms with Crippen molar-refractivity contribution in [1.82, 2.24) is 10.2 Å². The number of carboxylic acid groups (broad SMARTS) is 2. The zero-order valence-electron chi connectivity index (χ0n) is 12.5. The van der Waals surface area contributed by atoms with Crippen LogP contribution in [-0.2, 0) is 14.4 Å². The molecule has 1 aliphatic heterocycles. The number of aliphatic carboxylic acids is 2. The van der Waals surface area contributed by atoms with Crippen molar-refractivity contribution in [2.45, 2.75) is 64.1 Å². The summed E-state index contributed by atoms with van der Waals surface area (Å²) in [4.78, 5) is 35.9. The Hall–Kier alpha value is -1.63. The molecule has 7 nitrogen and oxygen atoms in total. The fourth-order valence-electron chi connectivity index (χ4n) is 2.60. The molecule has 0 spiro atoms. The molecule has 1 saturated heterocycles. The topological polar surface area (TPSA) is 107 Å². The lowest BCUT2D eigenvalue weighted by molar-refractivity contribution is -0.149. The first kappa shape index (κ1) is 17.4. The van der Waals surface area contributed by atoms with Crippen molar-refractivity contribution in [3.63, 3.8) is 0 Å². The Bertz CT molecular complexity index is 399. The maximum atomic E-state index is 12.3. The Morgan fingerprint density at radius 2 is 2.00 bits per heavy atom. The summed E-state index contributed by atoms with van der Waals surface area (Å²) < 4.78 is 0. The van der Waals surface area contributed by atoms with Crippen molar-refractivity contribution >= 4 is 17.8 Å². The molecule has 0 saturated carbocycles. The Kier molecular flexibility index (Phi) is 6.61. The van der Waals surface area contributed by atoms with Crippen LogP contribution in [0.3, 0.4) is 0 Å². The molecule has 0 radical (unpaired) electrons. The van der Waals surface area contributed by atoms with E-state index >= 15 is 0 Å². The predicted molar refractivity (Wildman–Crippen MR) is 75.9 cm³/mol. The summed E-state index contributed by atoms with van der Waals surface area (Å²) in [7, 11) is 0. The molecule has 0 bridgehead atoms. The van der Waals surface area contributed by atoms with Crippen molar-refractivity contribution in [2.75, 3.05) is 6.54 Å². The van der Waals surface area contributed by atoms with Crippen LogP contribution in [-0.4, -0.2) is 57.6 Å². The summed E-state index contributed by atoms with van der Waals surface area (Å²) in [6, 6.07) is -2.28. The smallest absolute Gasteiger partial charge is 0.326 e. The molecule has 3 N–H and O–H groups in total. The van der Waals surface area contributed by atoms with E-state index in [1.54, 1.807) is 6.92 Å². The number of amides is 1. The number of likely N-dealkylation sites (tertiary alicyclic amines) is 1. The van der Waals surface area contributed by atoms with Gasteiger partial charge in [-0.05, 0) is 26.2 Å². The molecule has 0 unspecified atom stereocenters. The molecule has 21 heavy (non-hydrogen) atoms. The van der Waals surface area contributed by atoms with Crippen LogP contribution < -0.4 is 5.32 Å². The second-order valence-corrected chi connectivity index (χ2v) is 5.45. The van der Waals surface area contributed by atoms with Crippen molar-refractivity contribution in [3.05, 3.63) is 0 Å². The van der Waals surface area contributed by atoms with E-state index in [0.717, 1.165) is 12.8 Å². The van der Waals surface area contributed by atoms with Gasteiger partial charge in [-0.15, -0.1) is 0 Å². The number of carboxylic acids is 2. The SMILES string of the molecule is CCCC[C@H](N[C@@H](C)C(=O)N1CCC[C@H]1C(=O)O)C(=O)O. The normalized spacial score (nSPS) is 21.0. The van der Waals surface area contributed by atoms with Crippen molar-refractivity contribution in [3.8, 4) is 0 Å². The molecule has 0 aromatic carbocycles. The predicted octanol–water partition coefficient (Wildman–Crippen LogP) is 0.684. The lowest BCUT2D eigenvalue weighted by Crippen LogP contribution is -2.52. The first-order valence-corrected chi connectivity index (χ1v) is 7.40. The third kappa shape index (κ3) is 4.70. The highest BCUT2D eigenvalue weighted by molar-refractivity contribution is 5.87. The first-order valence-electron chi connectivity index (χ1n) is 7.40. The van der Waals surface area contributed by atoms with Crippen LogP contribution in [0.5, 0.6) is 0 Å². The van der Waals surface area contributed by atoms with E-state index in [0.29, 0.717) is 25.8 Å². The molecule has 1 rings (SSSR count). The average Bonchev–Trinajstić information content (AvgIpc) is 2.91. The molecule has 1 fully saturated rings. The summed E-state index contributed by atoms with van der Waals surface area (Å²) in [5.74, 6) is -2.34. The van der Waals surface area contributed by atoms with Gasteiger partial charge < -0.3 is 15.1 Å². The molecule has 0 aliphatic carbocycles. The molecular formula is C14H24N2O5. The van der Waals surface area contributed by atoms with Gasteiger partial charge in [-0.3, -0.25) is 14.9 Å². The minimum Gasteiger partial charge on any atom is -0.480 e. The maximum absolute atomic E-state index is 12.3. The van der Waals surface area contributed by atoms with Crippen LogP contribution in [0.25, 0.3) is 0 Å². The van der Waals surface area contributed by atoms with Gasteiger partial charge >= 0.3 is 11.9 Å². The van der Waals surface area contributed by atoms with E-state index in [2.05, 4.69) is 5.32 Å². The van der Waals surface area contributed by atoms with E-state index in [1.165, 1.54) is 4.90 Å². The molecule has 3 atom stereocenters. The van der Waals surface area contributed by atoms with Gasteiger partial charge in [0.15, 0.2) is 0 Å². The van der Waals surface area contributed by atoms with Gasteiger partial charge in [-0.1, -0.05) is 19.8 Å². The largest absolute Gasteiger partial charge is 0.480 e. The lowest BCUT2D eigenvalue weighted by atomic mass is 10.1. The molecule has 0 aromatic heterocycles. The standard InChI is InChI=1S/C14H24N2O5/c1-3-4-6-10(13(18)19)15-9(2)12(17)16-8-5-7-11(16)14(20)21/h9-11,15H,3-8H2,1-2H3,(H,18,19)(H,20,21)/t9-,10-,11-/m0/s1. The van der Waals surface area contributed by atoms with Gasteiger partial charge in [0.25, 0.3) is 0 Å². The third-order valence-corrected chi connectivity index (χ3v) is 3.79. The van der Waals surface area contributed by atoms with E-state index in [9.17, 15) is 14.4 Å². The molecule has 0 aromatic rings. The zero-order valence-corrected chi connectivity index (χ0v) is 12.5. The Balaban J connectivity index is 2.64. The van der Waals surface area contributed by atoms with Gasteiger partial charge in [0.05, 0.1) is 6.04 Å². The Labute approximate surface area is 124 Å². The van der Waals surface area contributed by atoms with Crippen LogP contribution in [0.2, 0.25) is 0 Å². The highest BCUT2D eigenvalue weighted by Gasteiger charge is 2.36. The number of hydrogen-bond donors (Lipinski definition) is 3. The molecule has 1 aliphatic rings. The third-order valence-electron chi connectivity index (χ3n) is 3.79. The minimum absolute atomic E-state index is 0.345. The van der Waals surface area contributed by atoms with Gasteiger partial charge in [0, 0.05) is 6.54 Å². The zero-order chi connectivity index (χ0) is 16.0.